The first-order valence-corrected chi connectivity index (χ1v) is 12.4. The normalized spacial score (nSPS) is 11.7. The van der Waals surface area contributed by atoms with Crippen LogP contribution < -0.4 is 9.73 Å². The van der Waals surface area contributed by atoms with Crippen LogP contribution in [0.5, 0.6) is 0 Å². The number of hydrazone groups is 1. The second-order valence-corrected chi connectivity index (χ2v) is 10.3. The molecule has 0 atom stereocenters. The lowest BCUT2D eigenvalue weighted by atomic mass is 10.1. The van der Waals surface area contributed by atoms with Gasteiger partial charge < -0.3 is 4.57 Å². The van der Waals surface area contributed by atoms with Crippen LogP contribution in [0.3, 0.4) is 0 Å². The zero-order valence-corrected chi connectivity index (χ0v) is 20.7. The van der Waals surface area contributed by atoms with Gasteiger partial charge in [-0.25, -0.2) is 13.8 Å². The minimum atomic E-state index is -3.65. The topological polar surface area (TPSA) is 83.8 Å². The van der Waals surface area contributed by atoms with Crippen LogP contribution in [0.2, 0.25) is 0 Å². The second kappa shape index (κ2) is 9.62. The maximum Gasteiger partial charge on any atom is 0.260 e. The Morgan fingerprint density at radius 3 is 2.27 bits per heavy atom. The molecule has 0 aliphatic heterocycles. The van der Waals surface area contributed by atoms with Crippen molar-refractivity contribution in [3.8, 4) is 5.69 Å². The molecule has 7 nitrogen and oxygen atoms in total. The van der Waals surface area contributed by atoms with Crippen molar-refractivity contribution in [1.82, 2.24) is 9.99 Å². The predicted octanol–water partition coefficient (Wildman–Crippen LogP) is 3.94. The molecular formula is C25H30N4O3S. The SMILES string of the molecule is Cc1ccc(-n2c(C)cc(/C=N\NC(=O)CN(c3cc(C)ccc3C)S(C)(=O)=O)c2C)cc1. The molecule has 3 rings (SSSR count). The minimum absolute atomic E-state index is 0.358. The quantitative estimate of drug-likeness (QED) is 0.423. The van der Waals surface area contributed by atoms with Crippen molar-refractivity contribution in [3.63, 3.8) is 0 Å². The van der Waals surface area contributed by atoms with Crippen LogP contribution in [0.4, 0.5) is 5.69 Å². The summed E-state index contributed by atoms with van der Waals surface area (Å²) in [7, 11) is -3.65. The summed E-state index contributed by atoms with van der Waals surface area (Å²) in [5.74, 6) is -0.523. The monoisotopic (exact) mass is 466 g/mol. The van der Waals surface area contributed by atoms with Crippen LogP contribution in [0.25, 0.3) is 5.69 Å². The molecule has 174 valence electrons. The van der Waals surface area contributed by atoms with Gasteiger partial charge in [0, 0.05) is 22.6 Å². The van der Waals surface area contributed by atoms with E-state index in [1.807, 2.05) is 52.8 Å². The van der Waals surface area contributed by atoms with Crippen molar-refractivity contribution in [2.45, 2.75) is 34.6 Å². The molecular weight excluding hydrogens is 436 g/mol. The number of amides is 1. The molecule has 1 amide bonds. The number of nitrogens with zero attached hydrogens (tertiary/aromatic N) is 3. The summed E-state index contributed by atoms with van der Waals surface area (Å²) in [6, 6.07) is 15.7. The Labute approximate surface area is 195 Å². The Morgan fingerprint density at radius 2 is 1.64 bits per heavy atom. The number of hydrogen-bond acceptors (Lipinski definition) is 4. The van der Waals surface area contributed by atoms with E-state index in [1.54, 1.807) is 12.3 Å². The first kappa shape index (κ1) is 24.3. The third kappa shape index (κ3) is 5.70. The summed E-state index contributed by atoms with van der Waals surface area (Å²) in [4.78, 5) is 12.5. The zero-order valence-electron chi connectivity index (χ0n) is 19.9. The highest BCUT2D eigenvalue weighted by molar-refractivity contribution is 7.92. The van der Waals surface area contributed by atoms with Crippen molar-refractivity contribution >= 4 is 27.8 Å². The second-order valence-electron chi connectivity index (χ2n) is 8.35. The van der Waals surface area contributed by atoms with E-state index >= 15 is 0 Å². The lowest BCUT2D eigenvalue weighted by Crippen LogP contribution is -2.39. The Kier molecular flexibility index (Phi) is 7.07. The van der Waals surface area contributed by atoms with Crippen LogP contribution in [-0.2, 0) is 14.8 Å². The summed E-state index contributed by atoms with van der Waals surface area (Å²) in [5.41, 5.74) is 9.76. The summed E-state index contributed by atoms with van der Waals surface area (Å²) in [6.45, 7) is 9.38. The molecule has 8 heteroatoms. The average Bonchev–Trinajstić information content (AvgIpc) is 3.01. The molecule has 0 unspecified atom stereocenters. The average molecular weight is 467 g/mol. The number of hydrogen-bond donors (Lipinski definition) is 1. The van der Waals surface area contributed by atoms with Crippen molar-refractivity contribution in [2.24, 2.45) is 5.10 Å². The number of carbonyl (C=O) groups excluding carboxylic acids is 1. The Balaban J connectivity index is 1.76. The van der Waals surface area contributed by atoms with Crippen LogP contribution in [0.15, 0.2) is 53.6 Å². The molecule has 0 fully saturated rings. The summed E-state index contributed by atoms with van der Waals surface area (Å²) < 4.78 is 28.0. The van der Waals surface area contributed by atoms with Gasteiger partial charge in [0.2, 0.25) is 10.0 Å². The molecule has 3 aromatic rings. The van der Waals surface area contributed by atoms with Crippen molar-refractivity contribution in [2.75, 3.05) is 17.1 Å². The molecule has 0 spiro atoms. The van der Waals surface area contributed by atoms with E-state index in [-0.39, 0.29) is 6.54 Å². The maximum atomic E-state index is 12.5. The van der Waals surface area contributed by atoms with Gasteiger partial charge in [0.25, 0.3) is 5.91 Å². The van der Waals surface area contributed by atoms with Gasteiger partial charge in [-0.3, -0.25) is 9.10 Å². The lowest BCUT2D eigenvalue weighted by Gasteiger charge is -2.23. The standard InChI is InChI=1S/C25H30N4O3S/c1-17-8-11-23(12-9-17)29-20(4)14-22(21(29)5)15-26-27-25(30)16-28(33(6,31)32)24-13-18(2)7-10-19(24)3/h7-15H,16H2,1-6H3,(H,27,30)/b26-15-. The Morgan fingerprint density at radius 1 is 1.00 bits per heavy atom. The third-order valence-electron chi connectivity index (χ3n) is 5.48. The number of aromatic nitrogens is 1. The van der Waals surface area contributed by atoms with Crippen molar-refractivity contribution in [1.29, 1.82) is 0 Å². The number of rotatable bonds is 7. The molecule has 1 N–H and O–H groups in total. The van der Waals surface area contributed by atoms with E-state index in [2.05, 4.69) is 39.4 Å². The molecule has 0 saturated heterocycles. The van der Waals surface area contributed by atoms with Gasteiger partial charge in [0.15, 0.2) is 0 Å². The predicted molar refractivity (Wildman–Crippen MR) is 134 cm³/mol. The fourth-order valence-corrected chi connectivity index (χ4v) is 4.62. The van der Waals surface area contributed by atoms with Gasteiger partial charge in [0.1, 0.15) is 6.54 Å². The van der Waals surface area contributed by atoms with Crippen LogP contribution in [0.1, 0.15) is 33.6 Å². The first-order valence-electron chi connectivity index (χ1n) is 10.6. The summed E-state index contributed by atoms with van der Waals surface area (Å²) in [6.07, 6.45) is 2.67. The molecule has 0 aliphatic carbocycles. The highest BCUT2D eigenvalue weighted by atomic mass is 32.2. The molecule has 2 aromatic carbocycles. The van der Waals surface area contributed by atoms with Gasteiger partial charge in [-0.05, 0) is 70.0 Å². The third-order valence-corrected chi connectivity index (χ3v) is 6.60. The minimum Gasteiger partial charge on any atom is -0.318 e. The van der Waals surface area contributed by atoms with Crippen LogP contribution >= 0.6 is 0 Å². The van der Waals surface area contributed by atoms with E-state index < -0.39 is 15.9 Å². The molecule has 33 heavy (non-hydrogen) atoms. The highest BCUT2D eigenvalue weighted by Crippen LogP contribution is 2.24. The number of anilines is 1. The fourth-order valence-electron chi connectivity index (χ4n) is 3.72. The molecule has 0 bridgehead atoms. The Bertz CT molecular complexity index is 1310. The molecule has 0 radical (unpaired) electrons. The summed E-state index contributed by atoms with van der Waals surface area (Å²) in [5, 5.41) is 4.07. The molecule has 0 aliphatic rings. The van der Waals surface area contributed by atoms with Crippen LogP contribution in [0, 0.1) is 34.6 Å². The number of carbonyl (C=O) groups is 1. The van der Waals surface area contributed by atoms with E-state index in [0.717, 1.165) is 44.3 Å². The van der Waals surface area contributed by atoms with Gasteiger partial charge in [-0.2, -0.15) is 5.10 Å². The summed E-state index contributed by atoms with van der Waals surface area (Å²) >= 11 is 0. The number of nitrogens with one attached hydrogen (secondary N) is 1. The van der Waals surface area contributed by atoms with Crippen molar-refractivity contribution in [3.05, 3.63) is 82.2 Å². The van der Waals surface area contributed by atoms with E-state index in [9.17, 15) is 13.2 Å². The number of benzene rings is 2. The van der Waals surface area contributed by atoms with Gasteiger partial charge in [-0.1, -0.05) is 29.8 Å². The van der Waals surface area contributed by atoms with E-state index in [4.69, 9.17) is 0 Å². The first-order chi connectivity index (χ1) is 15.5. The largest absolute Gasteiger partial charge is 0.318 e. The zero-order chi connectivity index (χ0) is 24.3. The van der Waals surface area contributed by atoms with Crippen LogP contribution in [-0.4, -0.2) is 37.9 Å². The smallest absolute Gasteiger partial charge is 0.260 e. The molecule has 1 aromatic heterocycles. The maximum absolute atomic E-state index is 12.5. The number of aryl methyl sites for hydroxylation is 4. The lowest BCUT2D eigenvalue weighted by molar-refractivity contribution is -0.119. The molecule has 1 heterocycles. The fraction of sp³-hybridized carbons (Fsp3) is 0.280. The van der Waals surface area contributed by atoms with Gasteiger partial charge in [0.05, 0.1) is 18.2 Å². The number of sulfonamides is 1. The van der Waals surface area contributed by atoms with E-state index in [1.165, 1.54) is 5.56 Å². The molecule has 0 saturated carbocycles. The Hall–Kier alpha value is -3.39. The van der Waals surface area contributed by atoms with Gasteiger partial charge >= 0.3 is 0 Å². The van der Waals surface area contributed by atoms with Crippen molar-refractivity contribution < 1.29 is 13.2 Å². The highest BCUT2D eigenvalue weighted by Gasteiger charge is 2.22. The van der Waals surface area contributed by atoms with Gasteiger partial charge in [-0.15, -0.1) is 0 Å². The van der Waals surface area contributed by atoms with E-state index in [0.29, 0.717) is 5.69 Å².